The molecule has 0 bridgehead atoms. The normalized spacial score (nSPS) is 31.5. The molecule has 9 heteroatoms. The fourth-order valence-electron chi connectivity index (χ4n) is 2.51. The number of aliphatic hydroxyl groups excluding tert-OH is 4. The minimum Gasteiger partial charge on any atom is -0.460 e. The average Bonchev–Trinajstić information content (AvgIpc) is 2.95. The van der Waals surface area contributed by atoms with Crippen molar-refractivity contribution < 1.29 is 29.9 Å². The topological polar surface area (TPSA) is 115 Å². The molecule has 5 atom stereocenters. The van der Waals surface area contributed by atoms with E-state index in [1.165, 1.54) is 0 Å². The van der Waals surface area contributed by atoms with Crippen molar-refractivity contribution in [2.24, 2.45) is 0 Å². The first-order valence-corrected chi connectivity index (χ1v) is 8.03. The lowest BCUT2D eigenvalue weighted by molar-refractivity contribution is -0.277. The van der Waals surface area contributed by atoms with Crippen molar-refractivity contribution in [3.05, 3.63) is 27.8 Å². The molecular weight excluding hydrogens is 394 g/mol. The number of aliphatic hydroxyl groups is 4. The van der Waals surface area contributed by atoms with Crippen LogP contribution in [0.1, 0.15) is 0 Å². The van der Waals surface area contributed by atoms with Gasteiger partial charge in [-0.15, -0.1) is 0 Å². The maximum absolute atomic E-state index is 10.0. The zero-order chi connectivity index (χ0) is 16.7. The SMILES string of the molecule is OCC1O[C@@H](Oc2c[nH]c3ccc(Br)c(Cl)c23)C(O)[C@H](O)[C@@H]1O. The van der Waals surface area contributed by atoms with Crippen molar-refractivity contribution in [3.8, 4) is 5.75 Å². The molecular formula is C14H15BrClNO6. The Bertz CT molecular complexity index is 708. The monoisotopic (exact) mass is 407 g/mol. The molecule has 0 saturated carbocycles. The first kappa shape index (κ1) is 17.0. The van der Waals surface area contributed by atoms with Crippen molar-refractivity contribution in [2.75, 3.05) is 6.61 Å². The van der Waals surface area contributed by atoms with Crippen molar-refractivity contribution in [3.63, 3.8) is 0 Å². The summed E-state index contributed by atoms with van der Waals surface area (Å²) in [6.07, 6.45) is -5.17. The van der Waals surface area contributed by atoms with Gasteiger partial charge in [0.1, 0.15) is 30.2 Å². The molecule has 2 unspecified atom stereocenters. The van der Waals surface area contributed by atoms with Crippen LogP contribution >= 0.6 is 27.5 Å². The highest BCUT2D eigenvalue weighted by Crippen LogP contribution is 2.38. The van der Waals surface area contributed by atoms with Gasteiger partial charge in [0.05, 0.1) is 22.5 Å². The van der Waals surface area contributed by atoms with E-state index in [9.17, 15) is 20.4 Å². The number of aromatic nitrogens is 1. The second kappa shape index (κ2) is 6.56. The highest BCUT2D eigenvalue weighted by Gasteiger charge is 2.44. The van der Waals surface area contributed by atoms with Crippen molar-refractivity contribution in [1.82, 2.24) is 4.98 Å². The summed E-state index contributed by atoms with van der Waals surface area (Å²) in [5.41, 5.74) is 0.720. The van der Waals surface area contributed by atoms with E-state index in [0.717, 1.165) is 5.52 Å². The van der Waals surface area contributed by atoms with E-state index in [2.05, 4.69) is 20.9 Å². The number of hydrogen-bond acceptors (Lipinski definition) is 6. The lowest BCUT2D eigenvalue weighted by Crippen LogP contribution is -2.60. The van der Waals surface area contributed by atoms with E-state index in [1.807, 2.05) is 0 Å². The van der Waals surface area contributed by atoms with Gasteiger partial charge in [0.15, 0.2) is 0 Å². The molecule has 0 amide bonds. The van der Waals surface area contributed by atoms with Gasteiger partial charge in [0.25, 0.3) is 0 Å². The van der Waals surface area contributed by atoms with Crippen LogP contribution in [0, 0.1) is 0 Å². The fraction of sp³-hybridized carbons (Fsp3) is 0.429. The zero-order valence-corrected chi connectivity index (χ0v) is 14.0. The number of hydrogen-bond donors (Lipinski definition) is 5. The van der Waals surface area contributed by atoms with Gasteiger partial charge in [-0.2, -0.15) is 0 Å². The Hall–Kier alpha value is -0.870. The molecule has 0 spiro atoms. The first-order chi connectivity index (χ1) is 10.9. The molecule has 23 heavy (non-hydrogen) atoms. The third-order valence-electron chi connectivity index (χ3n) is 3.79. The summed E-state index contributed by atoms with van der Waals surface area (Å²) < 4.78 is 11.6. The molecule has 1 fully saturated rings. The quantitative estimate of drug-likeness (QED) is 0.512. The summed E-state index contributed by atoms with van der Waals surface area (Å²) >= 11 is 9.58. The lowest BCUT2D eigenvalue weighted by atomic mass is 9.99. The minimum atomic E-state index is -1.50. The Morgan fingerprint density at radius 2 is 1.96 bits per heavy atom. The molecule has 1 aliphatic heterocycles. The van der Waals surface area contributed by atoms with E-state index >= 15 is 0 Å². The van der Waals surface area contributed by atoms with E-state index in [1.54, 1.807) is 18.3 Å². The van der Waals surface area contributed by atoms with Gasteiger partial charge in [0, 0.05) is 10.7 Å². The average molecular weight is 409 g/mol. The fourth-order valence-corrected chi connectivity index (χ4v) is 3.10. The second-order valence-electron chi connectivity index (χ2n) is 5.25. The molecule has 7 nitrogen and oxygen atoms in total. The molecule has 1 saturated heterocycles. The summed E-state index contributed by atoms with van der Waals surface area (Å²) in [5.74, 6) is 0.315. The highest BCUT2D eigenvalue weighted by molar-refractivity contribution is 9.10. The van der Waals surface area contributed by atoms with Gasteiger partial charge in [-0.25, -0.2) is 0 Å². The third-order valence-corrected chi connectivity index (χ3v) is 5.07. The van der Waals surface area contributed by atoms with Crippen LogP contribution in [0.5, 0.6) is 5.75 Å². The minimum absolute atomic E-state index is 0.315. The van der Waals surface area contributed by atoms with Gasteiger partial charge in [-0.1, -0.05) is 11.6 Å². The maximum Gasteiger partial charge on any atom is 0.229 e. The molecule has 2 aromatic rings. The zero-order valence-electron chi connectivity index (χ0n) is 11.7. The van der Waals surface area contributed by atoms with Crippen LogP contribution < -0.4 is 4.74 Å². The summed E-state index contributed by atoms with van der Waals surface area (Å²) in [5, 5.41) is 39.8. The Balaban J connectivity index is 1.91. The number of fused-ring (bicyclic) bond motifs is 1. The smallest absolute Gasteiger partial charge is 0.229 e. The third kappa shape index (κ3) is 2.96. The lowest BCUT2D eigenvalue weighted by Gasteiger charge is -2.39. The van der Waals surface area contributed by atoms with E-state index in [0.29, 0.717) is 20.6 Å². The highest BCUT2D eigenvalue weighted by atomic mass is 79.9. The Labute approximate surface area is 144 Å². The van der Waals surface area contributed by atoms with E-state index in [4.69, 9.17) is 21.1 Å². The van der Waals surface area contributed by atoms with Crippen LogP contribution in [-0.4, -0.2) is 62.7 Å². The predicted octanol–water partition coefficient (Wildman–Crippen LogP) is 0.762. The van der Waals surface area contributed by atoms with Gasteiger partial charge in [0.2, 0.25) is 6.29 Å². The molecule has 1 aromatic carbocycles. The van der Waals surface area contributed by atoms with E-state index < -0.39 is 37.3 Å². The Morgan fingerprint density at radius 3 is 2.65 bits per heavy atom. The number of rotatable bonds is 3. The van der Waals surface area contributed by atoms with Gasteiger partial charge in [-0.3, -0.25) is 0 Å². The molecule has 3 rings (SSSR count). The number of H-pyrrole nitrogens is 1. The molecule has 126 valence electrons. The molecule has 1 aromatic heterocycles. The van der Waals surface area contributed by atoms with E-state index in [-0.39, 0.29) is 0 Å². The van der Waals surface area contributed by atoms with Gasteiger partial charge < -0.3 is 34.9 Å². The van der Waals surface area contributed by atoms with Crippen LogP contribution in [0.2, 0.25) is 5.02 Å². The summed E-state index contributed by atoms with van der Waals surface area (Å²) in [6, 6.07) is 3.57. The van der Waals surface area contributed by atoms with Crippen molar-refractivity contribution in [2.45, 2.75) is 30.7 Å². The number of ether oxygens (including phenoxy) is 2. The number of halogens is 2. The molecule has 0 radical (unpaired) electrons. The number of aromatic amines is 1. The number of nitrogens with one attached hydrogen (secondary N) is 1. The van der Waals surface area contributed by atoms with Crippen LogP contribution in [0.25, 0.3) is 10.9 Å². The van der Waals surface area contributed by atoms with Gasteiger partial charge >= 0.3 is 0 Å². The summed E-state index contributed by atoms with van der Waals surface area (Å²) in [6.45, 7) is -0.523. The van der Waals surface area contributed by atoms with Crippen molar-refractivity contribution in [1.29, 1.82) is 0 Å². The largest absolute Gasteiger partial charge is 0.460 e. The molecule has 0 aliphatic carbocycles. The second-order valence-corrected chi connectivity index (χ2v) is 6.48. The van der Waals surface area contributed by atoms with Crippen LogP contribution in [0.15, 0.2) is 22.8 Å². The van der Waals surface area contributed by atoms with Crippen LogP contribution in [0.3, 0.4) is 0 Å². The molecule has 1 aliphatic rings. The van der Waals surface area contributed by atoms with Crippen LogP contribution in [-0.2, 0) is 4.74 Å². The van der Waals surface area contributed by atoms with Crippen molar-refractivity contribution >= 4 is 38.4 Å². The molecule has 2 heterocycles. The maximum atomic E-state index is 10.0. The number of benzene rings is 1. The summed E-state index contributed by atoms with van der Waals surface area (Å²) in [7, 11) is 0. The van der Waals surface area contributed by atoms with Gasteiger partial charge in [-0.05, 0) is 28.1 Å². The summed E-state index contributed by atoms with van der Waals surface area (Å²) in [4.78, 5) is 2.98. The standard InChI is InChI=1S/C14H15BrClNO6/c15-5-1-2-6-9(10(5)16)7(3-17-6)22-14-13(21)12(20)11(19)8(4-18)23-14/h1-3,8,11-14,17-21H,4H2/t8?,11-,12-,13?,14-/m1/s1. The Kier molecular flexibility index (Phi) is 4.84. The Morgan fingerprint density at radius 1 is 1.22 bits per heavy atom. The molecule has 5 N–H and O–H groups in total. The van der Waals surface area contributed by atoms with Crippen LogP contribution in [0.4, 0.5) is 0 Å². The first-order valence-electron chi connectivity index (χ1n) is 6.86. The predicted molar refractivity (Wildman–Crippen MR) is 85.4 cm³/mol.